The van der Waals surface area contributed by atoms with Crippen LogP contribution in [0, 0.1) is 5.82 Å². The number of aromatic nitrogens is 1. The van der Waals surface area contributed by atoms with Crippen LogP contribution in [0.15, 0.2) is 53.9 Å². The highest BCUT2D eigenvalue weighted by atomic mass is 32.1. The molecule has 0 aliphatic heterocycles. The Morgan fingerprint density at radius 2 is 1.93 bits per heavy atom. The molecule has 3 rings (SSSR count). The normalized spacial score (nSPS) is 10.8. The number of rotatable bonds is 7. The van der Waals surface area contributed by atoms with E-state index >= 15 is 0 Å². The molecule has 5 nitrogen and oxygen atoms in total. The van der Waals surface area contributed by atoms with Crippen molar-refractivity contribution in [2.75, 3.05) is 14.2 Å². The number of hydrogen-bond donors (Lipinski definition) is 0. The zero-order chi connectivity index (χ0) is 19.9. The Kier molecular flexibility index (Phi) is 6.39. The topological polar surface area (TPSA) is 57.7 Å². The predicted octanol–water partition coefficient (Wildman–Crippen LogP) is 4.72. The zero-order valence-electron chi connectivity index (χ0n) is 15.3. The number of ether oxygens (including phenoxy) is 3. The van der Waals surface area contributed by atoms with Crippen LogP contribution in [0.1, 0.15) is 11.3 Å². The number of methoxy groups -OCH3 is 2. The maximum atomic E-state index is 13.0. The molecule has 0 N–H and O–H groups in total. The van der Waals surface area contributed by atoms with Crippen LogP contribution < -0.4 is 9.47 Å². The monoisotopic (exact) mass is 399 g/mol. The van der Waals surface area contributed by atoms with E-state index in [1.807, 2.05) is 5.38 Å². The van der Waals surface area contributed by atoms with Gasteiger partial charge in [0.2, 0.25) is 0 Å². The second-order valence-electron chi connectivity index (χ2n) is 5.70. The summed E-state index contributed by atoms with van der Waals surface area (Å²) >= 11 is 1.41. The molecule has 28 heavy (non-hydrogen) atoms. The van der Waals surface area contributed by atoms with Crippen LogP contribution in [0.2, 0.25) is 0 Å². The molecule has 0 aliphatic rings. The summed E-state index contributed by atoms with van der Waals surface area (Å²) in [4.78, 5) is 16.4. The molecule has 0 spiro atoms. The molecular weight excluding hydrogens is 381 g/mol. The Morgan fingerprint density at radius 3 is 2.64 bits per heavy atom. The quantitative estimate of drug-likeness (QED) is 0.425. The second-order valence-corrected chi connectivity index (χ2v) is 6.56. The van der Waals surface area contributed by atoms with Gasteiger partial charge < -0.3 is 14.2 Å². The van der Waals surface area contributed by atoms with Crippen molar-refractivity contribution in [2.45, 2.75) is 6.61 Å². The van der Waals surface area contributed by atoms with Gasteiger partial charge in [-0.05, 0) is 42.5 Å². The molecule has 1 aromatic heterocycles. The van der Waals surface area contributed by atoms with Crippen molar-refractivity contribution in [1.29, 1.82) is 0 Å². The van der Waals surface area contributed by atoms with E-state index in [-0.39, 0.29) is 12.4 Å². The fraction of sp³-hybridized carbons (Fsp3) is 0.143. The van der Waals surface area contributed by atoms with E-state index in [2.05, 4.69) is 4.98 Å². The lowest BCUT2D eigenvalue weighted by atomic mass is 10.2. The van der Waals surface area contributed by atoms with Gasteiger partial charge in [-0.3, -0.25) is 0 Å². The Morgan fingerprint density at radius 1 is 1.14 bits per heavy atom. The van der Waals surface area contributed by atoms with Crippen molar-refractivity contribution < 1.29 is 23.4 Å². The number of esters is 1. The van der Waals surface area contributed by atoms with Crippen LogP contribution in [-0.2, 0) is 16.1 Å². The number of hydrogen-bond acceptors (Lipinski definition) is 6. The van der Waals surface area contributed by atoms with Gasteiger partial charge >= 0.3 is 5.97 Å². The summed E-state index contributed by atoms with van der Waals surface area (Å²) in [6.45, 7) is 0.0562. The summed E-state index contributed by atoms with van der Waals surface area (Å²) < 4.78 is 28.7. The molecule has 0 fully saturated rings. The van der Waals surface area contributed by atoms with Gasteiger partial charge in [-0.2, -0.15) is 0 Å². The van der Waals surface area contributed by atoms with E-state index in [9.17, 15) is 9.18 Å². The summed E-state index contributed by atoms with van der Waals surface area (Å²) in [7, 11) is 3.12. The van der Waals surface area contributed by atoms with Gasteiger partial charge in [-0.25, -0.2) is 14.2 Å². The second kappa shape index (κ2) is 9.14. The Balaban J connectivity index is 1.59. The molecule has 0 saturated heterocycles. The number of carbonyl (C=O) groups is 1. The summed E-state index contributed by atoms with van der Waals surface area (Å²) in [5, 5.41) is 2.55. The Bertz CT molecular complexity index is 982. The number of benzene rings is 2. The lowest BCUT2D eigenvalue weighted by Gasteiger charge is -2.07. The molecular formula is C21H18FNO4S. The summed E-state index contributed by atoms with van der Waals surface area (Å²) in [6.07, 6.45) is 2.95. The van der Waals surface area contributed by atoms with Crippen molar-refractivity contribution in [3.63, 3.8) is 0 Å². The largest absolute Gasteiger partial charge is 0.497 e. The number of halogens is 1. The average Bonchev–Trinajstić information content (AvgIpc) is 3.20. The van der Waals surface area contributed by atoms with Gasteiger partial charge in [-0.1, -0.05) is 0 Å². The van der Waals surface area contributed by atoms with Crippen molar-refractivity contribution in [3.05, 3.63) is 71.0 Å². The Labute approximate surface area is 166 Å². The highest BCUT2D eigenvalue weighted by Gasteiger charge is 2.08. The first-order valence-electron chi connectivity index (χ1n) is 8.36. The third-order valence-electron chi connectivity index (χ3n) is 3.84. The molecule has 1 heterocycles. The van der Waals surface area contributed by atoms with Crippen molar-refractivity contribution in [2.24, 2.45) is 0 Å². The molecule has 0 bridgehead atoms. The third-order valence-corrected chi connectivity index (χ3v) is 4.79. The van der Waals surface area contributed by atoms with Gasteiger partial charge in [0.25, 0.3) is 0 Å². The van der Waals surface area contributed by atoms with Crippen LogP contribution in [0.5, 0.6) is 11.5 Å². The minimum Gasteiger partial charge on any atom is -0.497 e. The SMILES string of the molecule is COc1ccc(/C=C/C(=O)OCc2csc(-c3ccc(F)cc3)n2)c(OC)c1. The van der Waals surface area contributed by atoms with E-state index < -0.39 is 5.97 Å². The number of carbonyl (C=O) groups excluding carboxylic acids is 1. The van der Waals surface area contributed by atoms with Gasteiger partial charge in [0.15, 0.2) is 0 Å². The fourth-order valence-corrected chi connectivity index (χ4v) is 3.22. The van der Waals surface area contributed by atoms with Crippen LogP contribution in [0.4, 0.5) is 4.39 Å². The maximum absolute atomic E-state index is 13.0. The highest BCUT2D eigenvalue weighted by molar-refractivity contribution is 7.13. The molecule has 2 aromatic carbocycles. The molecule has 0 unspecified atom stereocenters. The molecule has 0 amide bonds. The van der Waals surface area contributed by atoms with Crippen LogP contribution >= 0.6 is 11.3 Å². The number of nitrogens with zero attached hydrogens (tertiary/aromatic N) is 1. The van der Waals surface area contributed by atoms with Crippen molar-refractivity contribution in [1.82, 2.24) is 4.98 Å². The molecule has 0 aliphatic carbocycles. The summed E-state index contributed by atoms with van der Waals surface area (Å²) in [5.41, 5.74) is 2.18. The molecule has 7 heteroatoms. The summed E-state index contributed by atoms with van der Waals surface area (Å²) in [5.74, 6) is 0.466. The number of thiazole rings is 1. The molecule has 0 atom stereocenters. The van der Waals surface area contributed by atoms with Gasteiger partial charge in [0.1, 0.15) is 28.9 Å². The highest BCUT2D eigenvalue weighted by Crippen LogP contribution is 2.26. The fourth-order valence-electron chi connectivity index (χ4n) is 2.41. The molecule has 0 radical (unpaired) electrons. The van der Waals surface area contributed by atoms with E-state index in [1.54, 1.807) is 50.6 Å². The van der Waals surface area contributed by atoms with E-state index in [4.69, 9.17) is 14.2 Å². The minimum absolute atomic E-state index is 0.0562. The van der Waals surface area contributed by atoms with Gasteiger partial charge in [0, 0.05) is 28.6 Å². The van der Waals surface area contributed by atoms with Crippen LogP contribution in [0.25, 0.3) is 16.6 Å². The molecule has 0 saturated carbocycles. The van der Waals surface area contributed by atoms with Crippen molar-refractivity contribution >= 4 is 23.4 Å². The van der Waals surface area contributed by atoms with Crippen LogP contribution in [0.3, 0.4) is 0 Å². The van der Waals surface area contributed by atoms with Gasteiger partial charge in [-0.15, -0.1) is 11.3 Å². The van der Waals surface area contributed by atoms with E-state index in [0.29, 0.717) is 17.2 Å². The first-order chi connectivity index (χ1) is 13.6. The maximum Gasteiger partial charge on any atom is 0.331 e. The molecule has 144 valence electrons. The minimum atomic E-state index is -0.491. The standard InChI is InChI=1S/C21H18FNO4S/c1-25-18-9-5-14(19(11-18)26-2)6-10-20(24)27-12-17-13-28-21(23-17)15-3-7-16(22)8-4-15/h3-11,13H,12H2,1-2H3/b10-6+. The average molecular weight is 399 g/mol. The Hall–Kier alpha value is -3.19. The lowest BCUT2D eigenvalue weighted by molar-refractivity contribution is -0.139. The van der Waals surface area contributed by atoms with Crippen LogP contribution in [-0.4, -0.2) is 25.2 Å². The van der Waals surface area contributed by atoms with E-state index in [0.717, 1.165) is 16.1 Å². The predicted molar refractivity (Wildman–Crippen MR) is 106 cm³/mol. The van der Waals surface area contributed by atoms with E-state index in [1.165, 1.54) is 29.5 Å². The summed E-state index contributed by atoms with van der Waals surface area (Å²) in [6, 6.07) is 11.4. The first-order valence-corrected chi connectivity index (χ1v) is 9.24. The third kappa shape index (κ3) is 4.95. The first kappa shape index (κ1) is 19.6. The lowest BCUT2D eigenvalue weighted by Crippen LogP contribution is -2.01. The van der Waals surface area contributed by atoms with Gasteiger partial charge in [0.05, 0.1) is 19.9 Å². The zero-order valence-corrected chi connectivity index (χ0v) is 16.2. The smallest absolute Gasteiger partial charge is 0.331 e. The van der Waals surface area contributed by atoms with Crippen molar-refractivity contribution in [3.8, 4) is 22.1 Å². The molecule has 3 aromatic rings.